The third-order valence-corrected chi connectivity index (χ3v) is 2.66. The molecule has 0 aromatic heterocycles. The van der Waals surface area contributed by atoms with Gasteiger partial charge in [-0.2, -0.15) is 5.10 Å². The Morgan fingerprint density at radius 3 is 2.33 bits per heavy atom. The van der Waals surface area contributed by atoms with Crippen LogP contribution in [0, 0.1) is 0 Å². The van der Waals surface area contributed by atoms with Crippen molar-refractivity contribution >= 4 is 12.1 Å². The highest BCUT2D eigenvalue weighted by Gasteiger charge is 2.07. The number of carbonyl (C=O) groups excluding carboxylic acids is 1. The number of phenolic OH excluding ortho intramolecular Hbond substituents is 2. The van der Waals surface area contributed by atoms with Crippen molar-refractivity contribution in [2.75, 3.05) is 7.11 Å². The van der Waals surface area contributed by atoms with Crippen molar-refractivity contribution in [2.24, 2.45) is 5.10 Å². The molecule has 2 aromatic rings. The molecule has 1 amide bonds. The van der Waals surface area contributed by atoms with Gasteiger partial charge in [0.05, 0.1) is 13.3 Å². The molecule has 3 N–H and O–H groups in total. The summed E-state index contributed by atoms with van der Waals surface area (Å²) in [6, 6.07) is 10.7. The van der Waals surface area contributed by atoms with Gasteiger partial charge in [-0.15, -0.1) is 0 Å². The molecule has 0 heterocycles. The quantitative estimate of drug-likeness (QED) is 0.591. The minimum Gasteiger partial charge on any atom is -0.508 e. The highest BCUT2D eigenvalue weighted by molar-refractivity contribution is 5.95. The smallest absolute Gasteiger partial charge is 0.271 e. The molecule has 108 valence electrons. The Bertz CT molecular complexity index is 646. The Labute approximate surface area is 121 Å². The number of rotatable bonds is 4. The standard InChI is InChI=1S/C15H14N2O4/c1-21-14-4-2-10(3-5-14)9-16-17-15(20)11-6-12(18)8-13(19)7-11/h2-9,18-19H,1H3,(H,17,20). The topological polar surface area (TPSA) is 91.2 Å². The zero-order chi connectivity index (χ0) is 15.2. The second kappa shape index (κ2) is 6.42. The van der Waals surface area contributed by atoms with Gasteiger partial charge in [-0.1, -0.05) is 0 Å². The first-order valence-corrected chi connectivity index (χ1v) is 6.09. The molecule has 21 heavy (non-hydrogen) atoms. The van der Waals surface area contributed by atoms with Crippen LogP contribution in [0.4, 0.5) is 0 Å². The average Bonchev–Trinajstić information content (AvgIpc) is 2.47. The first-order chi connectivity index (χ1) is 10.1. The van der Waals surface area contributed by atoms with Gasteiger partial charge in [0, 0.05) is 11.6 Å². The van der Waals surface area contributed by atoms with Crippen molar-refractivity contribution in [3.63, 3.8) is 0 Å². The molecule has 2 aromatic carbocycles. The molecule has 0 atom stereocenters. The predicted octanol–water partition coefficient (Wildman–Crippen LogP) is 1.87. The largest absolute Gasteiger partial charge is 0.508 e. The Morgan fingerprint density at radius 2 is 1.76 bits per heavy atom. The van der Waals surface area contributed by atoms with Crippen LogP contribution in [0.1, 0.15) is 15.9 Å². The van der Waals surface area contributed by atoms with Gasteiger partial charge in [-0.3, -0.25) is 4.79 Å². The highest BCUT2D eigenvalue weighted by Crippen LogP contribution is 2.20. The fraction of sp³-hybridized carbons (Fsp3) is 0.0667. The summed E-state index contributed by atoms with van der Waals surface area (Å²) in [5, 5.41) is 22.4. The van der Waals surface area contributed by atoms with Crippen LogP contribution in [0.3, 0.4) is 0 Å². The lowest BCUT2D eigenvalue weighted by molar-refractivity contribution is 0.0954. The number of benzene rings is 2. The number of carbonyl (C=O) groups is 1. The van der Waals surface area contributed by atoms with Crippen LogP contribution in [0.25, 0.3) is 0 Å². The monoisotopic (exact) mass is 286 g/mol. The number of ether oxygens (including phenoxy) is 1. The summed E-state index contributed by atoms with van der Waals surface area (Å²) in [6.07, 6.45) is 1.47. The number of phenols is 2. The molecule has 0 unspecified atom stereocenters. The Hall–Kier alpha value is -3.02. The Balaban J connectivity index is 2.01. The van der Waals surface area contributed by atoms with E-state index >= 15 is 0 Å². The second-order valence-corrected chi connectivity index (χ2v) is 4.21. The van der Waals surface area contributed by atoms with Crippen LogP contribution in [-0.4, -0.2) is 29.4 Å². The van der Waals surface area contributed by atoms with E-state index in [1.54, 1.807) is 31.4 Å². The molecule has 0 saturated carbocycles. The molecule has 2 rings (SSSR count). The third kappa shape index (κ3) is 3.97. The number of aromatic hydroxyl groups is 2. The maximum atomic E-state index is 11.8. The van der Waals surface area contributed by atoms with E-state index in [0.29, 0.717) is 0 Å². The second-order valence-electron chi connectivity index (χ2n) is 4.21. The minimum atomic E-state index is -0.536. The molecule has 0 spiro atoms. The molecule has 0 fully saturated rings. The van der Waals surface area contributed by atoms with E-state index in [0.717, 1.165) is 17.4 Å². The van der Waals surface area contributed by atoms with Crippen LogP contribution in [0.5, 0.6) is 17.2 Å². The molecular formula is C15H14N2O4. The average molecular weight is 286 g/mol. The molecule has 0 bridgehead atoms. The highest BCUT2D eigenvalue weighted by atomic mass is 16.5. The molecular weight excluding hydrogens is 272 g/mol. The fourth-order valence-electron chi connectivity index (χ4n) is 1.65. The van der Waals surface area contributed by atoms with Gasteiger partial charge in [-0.05, 0) is 42.0 Å². The zero-order valence-electron chi connectivity index (χ0n) is 11.3. The minimum absolute atomic E-state index is 0.111. The lowest BCUT2D eigenvalue weighted by Gasteiger charge is -2.02. The molecule has 0 saturated heterocycles. The first kappa shape index (κ1) is 14.4. The van der Waals surface area contributed by atoms with Crippen LogP contribution >= 0.6 is 0 Å². The van der Waals surface area contributed by atoms with E-state index in [9.17, 15) is 15.0 Å². The van der Waals surface area contributed by atoms with Crippen molar-refractivity contribution in [3.8, 4) is 17.2 Å². The van der Waals surface area contributed by atoms with Crippen molar-refractivity contribution in [3.05, 3.63) is 53.6 Å². The third-order valence-electron chi connectivity index (χ3n) is 2.66. The Morgan fingerprint density at radius 1 is 1.14 bits per heavy atom. The fourth-order valence-corrected chi connectivity index (χ4v) is 1.65. The number of nitrogens with one attached hydrogen (secondary N) is 1. The molecule has 0 radical (unpaired) electrons. The van der Waals surface area contributed by atoms with Gasteiger partial charge in [-0.25, -0.2) is 5.43 Å². The number of hydrazone groups is 1. The summed E-state index contributed by atoms with van der Waals surface area (Å²) in [5.74, 6) is -0.198. The van der Waals surface area contributed by atoms with Crippen LogP contribution < -0.4 is 10.2 Å². The van der Waals surface area contributed by atoms with E-state index in [4.69, 9.17) is 4.74 Å². The van der Waals surface area contributed by atoms with Gasteiger partial charge >= 0.3 is 0 Å². The van der Waals surface area contributed by atoms with Crippen LogP contribution in [0.2, 0.25) is 0 Å². The SMILES string of the molecule is COc1ccc(C=NNC(=O)c2cc(O)cc(O)c2)cc1. The number of nitrogens with zero attached hydrogens (tertiary/aromatic N) is 1. The number of amides is 1. The normalized spacial score (nSPS) is 10.5. The van der Waals surface area contributed by atoms with Gasteiger partial charge in [0.15, 0.2) is 0 Å². The summed E-state index contributed by atoms with van der Waals surface area (Å²) < 4.78 is 5.03. The maximum absolute atomic E-state index is 11.8. The molecule has 0 aliphatic heterocycles. The van der Waals surface area contributed by atoms with Crippen molar-refractivity contribution < 1.29 is 19.7 Å². The number of hydrogen-bond donors (Lipinski definition) is 3. The van der Waals surface area contributed by atoms with Gasteiger partial charge < -0.3 is 14.9 Å². The molecule has 6 nitrogen and oxygen atoms in total. The molecule has 6 heteroatoms. The van der Waals surface area contributed by atoms with Crippen LogP contribution in [-0.2, 0) is 0 Å². The summed E-state index contributed by atoms with van der Waals surface area (Å²) in [6.45, 7) is 0. The summed E-state index contributed by atoms with van der Waals surface area (Å²) in [4.78, 5) is 11.8. The summed E-state index contributed by atoms with van der Waals surface area (Å²) >= 11 is 0. The molecule has 0 aliphatic rings. The van der Waals surface area contributed by atoms with Gasteiger partial charge in [0.1, 0.15) is 17.2 Å². The van der Waals surface area contributed by atoms with Crippen LogP contribution in [0.15, 0.2) is 47.6 Å². The van der Waals surface area contributed by atoms with E-state index in [1.165, 1.54) is 18.3 Å². The van der Waals surface area contributed by atoms with E-state index in [-0.39, 0.29) is 17.1 Å². The zero-order valence-corrected chi connectivity index (χ0v) is 11.3. The van der Waals surface area contributed by atoms with Gasteiger partial charge in [0.2, 0.25) is 0 Å². The number of methoxy groups -OCH3 is 1. The van der Waals surface area contributed by atoms with E-state index in [2.05, 4.69) is 10.5 Å². The lowest BCUT2D eigenvalue weighted by atomic mass is 10.2. The van der Waals surface area contributed by atoms with Crippen molar-refractivity contribution in [1.29, 1.82) is 0 Å². The van der Waals surface area contributed by atoms with E-state index in [1.807, 2.05) is 0 Å². The van der Waals surface area contributed by atoms with Gasteiger partial charge in [0.25, 0.3) is 5.91 Å². The van der Waals surface area contributed by atoms with Crippen molar-refractivity contribution in [1.82, 2.24) is 5.43 Å². The summed E-state index contributed by atoms with van der Waals surface area (Å²) in [7, 11) is 1.58. The number of hydrogen-bond acceptors (Lipinski definition) is 5. The van der Waals surface area contributed by atoms with E-state index < -0.39 is 5.91 Å². The first-order valence-electron chi connectivity index (χ1n) is 6.09. The molecule has 0 aliphatic carbocycles. The lowest BCUT2D eigenvalue weighted by Crippen LogP contribution is -2.17. The van der Waals surface area contributed by atoms with Crippen molar-refractivity contribution in [2.45, 2.75) is 0 Å². The maximum Gasteiger partial charge on any atom is 0.271 e. The summed E-state index contributed by atoms with van der Waals surface area (Å²) in [5.41, 5.74) is 3.20. The predicted molar refractivity (Wildman–Crippen MR) is 77.8 cm³/mol. The Kier molecular flexibility index (Phi) is 4.40.